The second-order valence-corrected chi connectivity index (χ2v) is 17.2. The standard InChI is InChI=1S/C53H36N2O2.FH/c1-4-10-42-37(8-1)51-44(54(42)29-14-23-47-40(26-29)31-7-3-6-12-46(31)56-47)21-19-34-35-20-22-45-52(50(35)33-18-17-32(33)49(34)51)38-9-2-5-11-43(38)55(45)30-15-24-48-41(27-30)36-16-13-28-25-39(28)53(36)57-48;/h1-4,6-10,12-13,15-24,26-29,39,41,48H,5,11,14,25H2;1H. The minimum Gasteiger partial charge on any atom is -0.489 e. The zero-order chi connectivity index (χ0) is 36.7. The fourth-order valence-electron chi connectivity index (χ4n) is 11.8. The zero-order valence-electron chi connectivity index (χ0n) is 31.6. The maximum Gasteiger partial charge on any atom is 0.135 e. The predicted octanol–water partition coefficient (Wildman–Crippen LogP) is 11.5. The summed E-state index contributed by atoms with van der Waals surface area (Å²) in [5.74, 6) is 2.83. The van der Waals surface area contributed by atoms with Gasteiger partial charge in [0, 0.05) is 77.4 Å². The van der Waals surface area contributed by atoms with E-state index in [0.717, 1.165) is 30.3 Å². The summed E-state index contributed by atoms with van der Waals surface area (Å²) in [6, 6.07) is 27.3. The summed E-state index contributed by atoms with van der Waals surface area (Å²) < 4.78 is 18.1. The fraction of sp³-hybridized carbons (Fsp3) is 0.170. The van der Waals surface area contributed by atoms with Gasteiger partial charge in [0.2, 0.25) is 0 Å². The highest BCUT2D eigenvalue weighted by Gasteiger charge is 2.49. The molecule has 1 aliphatic heterocycles. The number of nitrogens with zero attached hydrogens (tertiary/aromatic N) is 2. The smallest absolute Gasteiger partial charge is 0.135 e. The molecule has 5 heteroatoms. The van der Waals surface area contributed by atoms with E-state index in [9.17, 15) is 0 Å². The number of rotatable bonds is 2. The predicted molar refractivity (Wildman–Crippen MR) is 236 cm³/mol. The first-order valence-electron chi connectivity index (χ1n) is 20.8. The van der Waals surface area contributed by atoms with Crippen LogP contribution in [0.2, 0.25) is 0 Å². The molecule has 5 unspecified atom stereocenters. The van der Waals surface area contributed by atoms with Gasteiger partial charge in [-0.2, -0.15) is 0 Å². The maximum absolute atomic E-state index is 6.60. The molecule has 0 saturated heterocycles. The minimum atomic E-state index is 0. The van der Waals surface area contributed by atoms with E-state index in [1.165, 1.54) is 111 Å². The van der Waals surface area contributed by atoms with Gasteiger partial charge in [0.15, 0.2) is 0 Å². The van der Waals surface area contributed by atoms with Crippen LogP contribution in [0.3, 0.4) is 0 Å². The second-order valence-electron chi connectivity index (χ2n) is 17.2. The maximum atomic E-state index is 6.60. The number of hydrogen-bond donors (Lipinski definition) is 0. The van der Waals surface area contributed by atoms with Crippen LogP contribution in [0.15, 0.2) is 125 Å². The average molecular weight is 753 g/mol. The molecule has 278 valence electrons. The summed E-state index contributed by atoms with van der Waals surface area (Å²) >= 11 is 0. The monoisotopic (exact) mass is 752 g/mol. The molecule has 1 fully saturated rings. The number of benzene rings is 5. The Morgan fingerprint density at radius 1 is 0.655 bits per heavy atom. The number of halogens is 1. The number of hydrogen-bond acceptors (Lipinski definition) is 2. The first kappa shape index (κ1) is 31.5. The molecule has 0 amide bonds. The lowest BCUT2D eigenvalue weighted by Gasteiger charge is -2.23. The molecule has 6 aliphatic carbocycles. The molecule has 0 radical (unpaired) electrons. The lowest BCUT2D eigenvalue weighted by molar-refractivity contribution is 0.152. The molecule has 4 heterocycles. The molecule has 7 aliphatic rings. The van der Waals surface area contributed by atoms with Crippen molar-refractivity contribution < 1.29 is 13.9 Å². The largest absolute Gasteiger partial charge is 0.489 e. The van der Waals surface area contributed by atoms with Gasteiger partial charge in [0.25, 0.3) is 0 Å². The van der Waals surface area contributed by atoms with Crippen LogP contribution in [0.1, 0.15) is 47.7 Å². The van der Waals surface area contributed by atoms with Gasteiger partial charge >= 0.3 is 0 Å². The fourth-order valence-corrected chi connectivity index (χ4v) is 11.8. The molecule has 58 heavy (non-hydrogen) atoms. The van der Waals surface area contributed by atoms with Gasteiger partial charge < -0.3 is 18.3 Å². The summed E-state index contributed by atoms with van der Waals surface area (Å²) in [5.41, 5.74) is 14.0. The molecule has 5 aromatic carbocycles. The molecule has 0 spiro atoms. The van der Waals surface area contributed by atoms with Crippen LogP contribution < -0.4 is 10.6 Å². The minimum absolute atomic E-state index is 0. The molecule has 15 rings (SSSR count). The SMILES string of the molecule is C1=Cc2c(n(C3=CC4C5=C(OC4C=C3)C3CC3C=C5)c3ccc4c5ccc6c(c7ccccc7n6C6C=c7c(oc8ccccc78)=CC6)c5c5c(c4c23)C=C5)CC1.F. The molecule has 8 aromatic rings. The Balaban J connectivity index is 0.00000336. The Labute approximate surface area is 332 Å². The van der Waals surface area contributed by atoms with Crippen LogP contribution in [0.4, 0.5) is 4.70 Å². The molecule has 5 atom stereocenters. The van der Waals surface area contributed by atoms with Crippen molar-refractivity contribution in [2.75, 3.05) is 0 Å². The van der Waals surface area contributed by atoms with E-state index < -0.39 is 0 Å². The molecule has 0 bridgehead atoms. The van der Waals surface area contributed by atoms with Crippen molar-refractivity contribution in [3.63, 3.8) is 0 Å². The van der Waals surface area contributed by atoms with Crippen LogP contribution in [0, 0.1) is 17.8 Å². The number of allylic oxidation sites excluding steroid dienone is 6. The van der Waals surface area contributed by atoms with Gasteiger partial charge in [-0.05, 0) is 108 Å². The summed E-state index contributed by atoms with van der Waals surface area (Å²) in [6.45, 7) is 0. The van der Waals surface area contributed by atoms with Gasteiger partial charge in [0.1, 0.15) is 22.9 Å². The van der Waals surface area contributed by atoms with Crippen molar-refractivity contribution in [3.8, 4) is 0 Å². The second kappa shape index (κ2) is 10.9. The molecular formula is C53H37FN2O2. The van der Waals surface area contributed by atoms with Crippen LogP contribution in [0.5, 0.6) is 0 Å². The highest BCUT2D eigenvalue weighted by Crippen LogP contribution is 2.56. The van der Waals surface area contributed by atoms with Gasteiger partial charge in [-0.3, -0.25) is 4.70 Å². The Kier molecular flexibility index (Phi) is 5.90. The van der Waals surface area contributed by atoms with Crippen LogP contribution in [-0.4, -0.2) is 15.2 Å². The zero-order valence-corrected chi connectivity index (χ0v) is 31.6. The number of furan rings is 1. The van der Waals surface area contributed by atoms with Crippen molar-refractivity contribution >= 4 is 101 Å². The normalized spacial score (nSPS) is 24.1. The van der Waals surface area contributed by atoms with Crippen molar-refractivity contribution in [1.82, 2.24) is 9.13 Å². The Hall–Kier alpha value is -6.59. The Morgan fingerprint density at radius 2 is 1.47 bits per heavy atom. The van der Waals surface area contributed by atoms with Crippen molar-refractivity contribution in [1.29, 1.82) is 0 Å². The van der Waals surface area contributed by atoms with Gasteiger partial charge in [-0.25, -0.2) is 0 Å². The topological polar surface area (TPSA) is 32.2 Å². The first-order valence-corrected chi connectivity index (χ1v) is 20.8. The first-order chi connectivity index (χ1) is 28.3. The summed E-state index contributed by atoms with van der Waals surface area (Å²) in [6.07, 6.45) is 30.5. The van der Waals surface area contributed by atoms with E-state index in [0.29, 0.717) is 11.8 Å². The van der Waals surface area contributed by atoms with Gasteiger partial charge in [-0.1, -0.05) is 85.0 Å². The van der Waals surface area contributed by atoms with Crippen molar-refractivity contribution in [2.45, 2.75) is 37.8 Å². The number of para-hydroxylation sites is 2. The summed E-state index contributed by atoms with van der Waals surface area (Å²) in [5, 5.41) is 11.9. The third kappa shape index (κ3) is 3.81. The van der Waals surface area contributed by atoms with Crippen LogP contribution >= 0.6 is 0 Å². The molecule has 0 N–H and O–H groups in total. The van der Waals surface area contributed by atoms with E-state index in [2.05, 4.69) is 149 Å². The lowest BCUT2D eigenvalue weighted by atomic mass is 9.82. The Morgan fingerprint density at radius 3 is 2.34 bits per heavy atom. The van der Waals surface area contributed by atoms with Crippen molar-refractivity contribution in [2.24, 2.45) is 17.8 Å². The average Bonchev–Trinajstić information content (AvgIpc) is 3.49. The number of fused-ring (bicyclic) bond motifs is 21. The van der Waals surface area contributed by atoms with E-state index in [1.54, 1.807) is 0 Å². The molecule has 3 aromatic heterocycles. The summed E-state index contributed by atoms with van der Waals surface area (Å²) in [4.78, 5) is 0. The van der Waals surface area contributed by atoms with E-state index in [-0.39, 0.29) is 22.8 Å². The highest BCUT2D eigenvalue weighted by atomic mass is 19.0. The number of ether oxygens (including phenoxy) is 1. The van der Waals surface area contributed by atoms with E-state index >= 15 is 0 Å². The lowest BCUT2D eigenvalue weighted by Crippen LogP contribution is -2.26. The molecule has 1 saturated carbocycles. The van der Waals surface area contributed by atoms with Crippen LogP contribution in [0.25, 0.3) is 101 Å². The highest BCUT2D eigenvalue weighted by molar-refractivity contribution is 6.34. The van der Waals surface area contributed by atoms with E-state index in [1.807, 2.05) is 0 Å². The van der Waals surface area contributed by atoms with Gasteiger partial charge in [-0.15, -0.1) is 0 Å². The van der Waals surface area contributed by atoms with E-state index in [4.69, 9.17) is 9.15 Å². The molecular weight excluding hydrogens is 716 g/mol. The third-order valence-electron chi connectivity index (χ3n) is 14.4. The van der Waals surface area contributed by atoms with Crippen LogP contribution in [-0.2, 0) is 11.2 Å². The molecule has 4 nitrogen and oxygen atoms in total. The number of aromatic nitrogens is 2. The van der Waals surface area contributed by atoms with Gasteiger partial charge in [0.05, 0.1) is 17.1 Å². The summed E-state index contributed by atoms with van der Waals surface area (Å²) in [7, 11) is 0. The Bertz CT molecular complexity index is 3590. The van der Waals surface area contributed by atoms with Crippen molar-refractivity contribution in [3.05, 3.63) is 154 Å². The quantitative estimate of drug-likeness (QED) is 0.165. The third-order valence-corrected chi connectivity index (χ3v) is 14.4.